The fraction of sp³-hybridized carbons (Fsp3) is 0.231. The maximum Gasteiger partial charge on any atom is 0.269 e. The highest BCUT2D eigenvalue weighted by atomic mass is 16.5. The number of nitrogen functional groups attached to an aromatic ring is 1. The summed E-state index contributed by atoms with van der Waals surface area (Å²) >= 11 is 0. The molecule has 1 aliphatic rings. The van der Waals surface area contributed by atoms with Gasteiger partial charge in [0, 0.05) is 18.1 Å². The van der Waals surface area contributed by atoms with Gasteiger partial charge in [-0.25, -0.2) is 0 Å². The van der Waals surface area contributed by atoms with E-state index in [1.165, 1.54) is 6.07 Å². The number of fused-ring (bicyclic) bond motifs is 1. The van der Waals surface area contributed by atoms with Crippen molar-refractivity contribution in [2.45, 2.75) is 12.5 Å². The van der Waals surface area contributed by atoms with Crippen molar-refractivity contribution in [1.29, 1.82) is 0 Å². The molecule has 0 radical (unpaired) electrons. The molecule has 19 heavy (non-hydrogen) atoms. The maximum atomic E-state index is 12.1. The van der Waals surface area contributed by atoms with Crippen molar-refractivity contribution >= 4 is 11.7 Å². The lowest BCUT2D eigenvalue weighted by molar-refractivity contribution is 0.0919. The third-order valence-electron chi connectivity index (χ3n) is 3.11. The number of H-pyrrole nitrogens is 1. The van der Waals surface area contributed by atoms with Crippen LogP contribution in [0.4, 0.5) is 5.82 Å². The standard InChI is InChI=1S/C13H14N4O2/c14-12-7-10(16-17-12)13(18)15-9-5-6-19-11-4-2-1-3-8(9)11/h1-4,7,9H,5-6H2,(H,15,18)(H3,14,16,17). The van der Waals surface area contributed by atoms with Gasteiger partial charge in [0.1, 0.15) is 17.3 Å². The Balaban J connectivity index is 1.79. The van der Waals surface area contributed by atoms with Crippen LogP contribution in [0.25, 0.3) is 0 Å². The molecular formula is C13H14N4O2. The van der Waals surface area contributed by atoms with Gasteiger partial charge in [-0.2, -0.15) is 5.10 Å². The number of ether oxygens (including phenoxy) is 1. The molecule has 1 aliphatic heterocycles. The first-order valence-corrected chi connectivity index (χ1v) is 6.07. The normalized spacial score (nSPS) is 17.4. The molecule has 3 rings (SSSR count). The van der Waals surface area contributed by atoms with Crippen molar-refractivity contribution in [3.8, 4) is 5.75 Å². The van der Waals surface area contributed by atoms with Crippen LogP contribution in [0.5, 0.6) is 5.75 Å². The van der Waals surface area contributed by atoms with Crippen LogP contribution >= 0.6 is 0 Å². The monoisotopic (exact) mass is 258 g/mol. The Hall–Kier alpha value is -2.50. The van der Waals surface area contributed by atoms with E-state index < -0.39 is 0 Å². The van der Waals surface area contributed by atoms with E-state index in [2.05, 4.69) is 15.5 Å². The smallest absolute Gasteiger partial charge is 0.269 e. The molecule has 0 bridgehead atoms. The first-order valence-electron chi connectivity index (χ1n) is 6.07. The molecule has 98 valence electrons. The molecule has 0 saturated heterocycles. The van der Waals surface area contributed by atoms with Crippen LogP contribution in [-0.4, -0.2) is 22.7 Å². The lowest BCUT2D eigenvalue weighted by Crippen LogP contribution is -2.32. The summed E-state index contributed by atoms with van der Waals surface area (Å²) in [5.74, 6) is 0.909. The molecule has 0 aliphatic carbocycles. The summed E-state index contributed by atoms with van der Waals surface area (Å²) in [5.41, 5.74) is 6.84. The molecule has 0 spiro atoms. The van der Waals surface area contributed by atoms with Gasteiger partial charge in [-0.15, -0.1) is 0 Å². The second kappa shape index (κ2) is 4.64. The number of nitrogens with zero attached hydrogens (tertiary/aromatic N) is 1. The number of para-hydroxylation sites is 1. The SMILES string of the molecule is Nc1cc(C(=O)NC2CCOc3ccccc32)[nH]n1. The summed E-state index contributed by atoms with van der Waals surface area (Å²) < 4.78 is 5.55. The number of aromatic nitrogens is 2. The second-order valence-corrected chi connectivity index (χ2v) is 4.41. The van der Waals surface area contributed by atoms with Crippen molar-refractivity contribution in [2.24, 2.45) is 0 Å². The summed E-state index contributed by atoms with van der Waals surface area (Å²) in [6, 6.07) is 9.17. The quantitative estimate of drug-likeness (QED) is 0.755. The number of nitrogens with two attached hydrogens (primary N) is 1. The number of rotatable bonds is 2. The molecule has 2 aromatic rings. The predicted octanol–water partition coefficient (Wildman–Crippen LogP) is 1.25. The van der Waals surface area contributed by atoms with Gasteiger partial charge in [-0.3, -0.25) is 9.89 Å². The van der Waals surface area contributed by atoms with Crippen LogP contribution in [0.1, 0.15) is 28.5 Å². The zero-order chi connectivity index (χ0) is 13.2. The number of aromatic amines is 1. The highest BCUT2D eigenvalue weighted by molar-refractivity contribution is 5.93. The predicted molar refractivity (Wildman–Crippen MR) is 69.8 cm³/mol. The van der Waals surface area contributed by atoms with Crippen LogP contribution in [0, 0.1) is 0 Å². The van der Waals surface area contributed by atoms with Gasteiger partial charge < -0.3 is 15.8 Å². The minimum absolute atomic E-state index is 0.0537. The van der Waals surface area contributed by atoms with Crippen LogP contribution in [0.2, 0.25) is 0 Å². The zero-order valence-electron chi connectivity index (χ0n) is 10.2. The van der Waals surface area contributed by atoms with Crippen LogP contribution in [0.15, 0.2) is 30.3 Å². The van der Waals surface area contributed by atoms with Crippen LogP contribution in [-0.2, 0) is 0 Å². The van der Waals surface area contributed by atoms with Crippen molar-refractivity contribution < 1.29 is 9.53 Å². The molecule has 2 heterocycles. The van der Waals surface area contributed by atoms with Gasteiger partial charge in [-0.1, -0.05) is 18.2 Å². The van der Waals surface area contributed by atoms with E-state index in [0.717, 1.165) is 17.7 Å². The largest absolute Gasteiger partial charge is 0.493 e. The van der Waals surface area contributed by atoms with E-state index in [4.69, 9.17) is 10.5 Å². The lowest BCUT2D eigenvalue weighted by Gasteiger charge is -2.26. The maximum absolute atomic E-state index is 12.1. The first kappa shape index (κ1) is 11.6. The molecule has 6 heteroatoms. The van der Waals surface area contributed by atoms with E-state index in [1.54, 1.807) is 0 Å². The molecule has 1 atom stereocenters. The van der Waals surface area contributed by atoms with Crippen molar-refractivity contribution in [2.75, 3.05) is 12.3 Å². The third kappa shape index (κ3) is 2.24. The molecule has 0 fully saturated rings. The number of anilines is 1. The number of hydrogen-bond donors (Lipinski definition) is 3. The molecule has 1 amide bonds. The summed E-state index contributed by atoms with van der Waals surface area (Å²) in [4.78, 5) is 12.1. The van der Waals surface area contributed by atoms with Crippen molar-refractivity contribution in [3.63, 3.8) is 0 Å². The Morgan fingerprint density at radius 2 is 2.32 bits per heavy atom. The van der Waals surface area contributed by atoms with Crippen molar-refractivity contribution in [3.05, 3.63) is 41.6 Å². The van der Waals surface area contributed by atoms with E-state index in [1.807, 2.05) is 24.3 Å². The lowest BCUT2D eigenvalue weighted by atomic mass is 10.0. The second-order valence-electron chi connectivity index (χ2n) is 4.41. The van der Waals surface area contributed by atoms with Gasteiger partial charge in [0.2, 0.25) is 0 Å². The number of hydrogen-bond acceptors (Lipinski definition) is 4. The average molecular weight is 258 g/mol. The van der Waals surface area contributed by atoms with Crippen LogP contribution < -0.4 is 15.8 Å². The minimum Gasteiger partial charge on any atom is -0.493 e. The van der Waals surface area contributed by atoms with E-state index in [-0.39, 0.29) is 11.9 Å². The van der Waals surface area contributed by atoms with Gasteiger partial charge in [-0.05, 0) is 6.07 Å². The summed E-state index contributed by atoms with van der Waals surface area (Å²) in [7, 11) is 0. The number of benzene rings is 1. The Kier molecular flexibility index (Phi) is 2.83. The van der Waals surface area contributed by atoms with Crippen LogP contribution in [0.3, 0.4) is 0 Å². The van der Waals surface area contributed by atoms with E-state index in [9.17, 15) is 4.79 Å². The number of amides is 1. The molecular weight excluding hydrogens is 244 g/mol. The number of nitrogens with one attached hydrogen (secondary N) is 2. The molecule has 1 aromatic heterocycles. The fourth-order valence-electron chi connectivity index (χ4n) is 2.18. The van der Waals surface area contributed by atoms with Gasteiger partial charge in [0.05, 0.1) is 12.6 Å². The molecule has 1 unspecified atom stereocenters. The Labute approximate surface area is 110 Å². The topological polar surface area (TPSA) is 93.0 Å². The van der Waals surface area contributed by atoms with Crippen molar-refractivity contribution in [1.82, 2.24) is 15.5 Å². The van der Waals surface area contributed by atoms with E-state index >= 15 is 0 Å². The fourth-order valence-corrected chi connectivity index (χ4v) is 2.18. The van der Waals surface area contributed by atoms with Gasteiger partial charge in [0.25, 0.3) is 5.91 Å². The van der Waals surface area contributed by atoms with Gasteiger partial charge >= 0.3 is 0 Å². The molecule has 1 aromatic carbocycles. The number of carbonyl (C=O) groups excluding carboxylic acids is 1. The average Bonchev–Trinajstić information content (AvgIpc) is 2.86. The van der Waals surface area contributed by atoms with Gasteiger partial charge in [0.15, 0.2) is 0 Å². The molecule has 4 N–H and O–H groups in total. The molecule has 0 saturated carbocycles. The Morgan fingerprint density at radius 1 is 1.47 bits per heavy atom. The Morgan fingerprint density at radius 3 is 3.11 bits per heavy atom. The summed E-state index contributed by atoms with van der Waals surface area (Å²) in [5, 5.41) is 9.30. The summed E-state index contributed by atoms with van der Waals surface area (Å²) in [6.45, 7) is 0.590. The first-order chi connectivity index (χ1) is 9.24. The summed E-state index contributed by atoms with van der Waals surface area (Å²) in [6.07, 6.45) is 0.742. The Bertz CT molecular complexity index is 608. The zero-order valence-corrected chi connectivity index (χ0v) is 10.2. The highest BCUT2D eigenvalue weighted by Crippen LogP contribution is 2.31. The highest BCUT2D eigenvalue weighted by Gasteiger charge is 2.23. The molecule has 6 nitrogen and oxygen atoms in total. The number of carbonyl (C=O) groups is 1. The van der Waals surface area contributed by atoms with E-state index in [0.29, 0.717) is 18.1 Å². The minimum atomic E-state index is -0.217. The third-order valence-corrected chi connectivity index (χ3v) is 3.11.